The van der Waals surface area contributed by atoms with Gasteiger partial charge in [-0.25, -0.2) is 27.8 Å². The molecule has 4 atom stereocenters. The second kappa shape index (κ2) is 16.2. The number of aromatic carboxylic acids is 1. The van der Waals surface area contributed by atoms with Crippen LogP contribution in [0.25, 0.3) is 11.1 Å². The number of carbonyl (C=O) groups excluding carboxylic acids is 4. The van der Waals surface area contributed by atoms with Gasteiger partial charge in [0.05, 0.1) is 22.5 Å². The number of oxazole rings is 1. The van der Waals surface area contributed by atoms with Crippen LogP contribution in [0.2, 0.25) is 5.02 Å². The highest BCUT2D eigenvalue weighted by Crippen LogP contribution is 2.34. The summed E-state index contributed by atoms with van der Waals surface area (Å²) in [4.78, 5) is 73.0. The van der Waals surface area contributed by atoms with Crippen LogP contribution in [0.4, 0.5) is 0 Å². The van der Waals surface area contributed by atoms with Crippen molar-refractivity contribution in [3.05, 3.63) is 94.3 Å². The van der Waals surface area contributed by atoms with Crippen molar-refractivity contribution in [2.75, 3.05) is 6.54 Å². The number of likely N-dealkylation sites (tertiary alicyclic amines) is 1. The summed E-state index contributed by atoms with van der Waals surface area (Å²) in [5, 5.41) is 21.3. The smallest absolute Gasteiger partial charge is 0.335 e. The zero-order chi connectivity index (χ0) is 39.6. The van der Waals surface area contributed by atoms with Gasteiger partial charge in [0, 0.05) is 22.2 Å². The minimum atomic E-state index is -4.26. The Morgan fingerprint density at radius 3 is 2.15 bits per heavy atom. The number of fused-ring (bicyclic) bond motifs is 1. The number of carbonyl (C=O) groups is 5. The molecule has 0 bridgehead atoms. The lowest BCUT2D eigenvalue weighted by Gasteiger charge is -2.38. The fourth-order valence-corrected chi connectivity index (χ4v) is 7.43. The molecule has 0 aliphatic carbocycles. The van der Waals surface area contributed by atoms with Crippen molar-refractivity contribution in [2.45, 2.75) is 69.7 Å². The van der Waals surface area contributed by atoms with Gasteiger partial charge < -0.3 is 20.4 Å². The van der Waals surface area contributed by atoms with Crippen molar-refractivity contribution in [1.29, 1.82) is 0 Å². The third-order valence-electron chi connectivity index (χ3n) is 9.27. The van der Waals surface area contributed by atoms with E-state index in [4.69, 9.17) is 21.8 Å². The Bertz CT molecular complexity index is 2190. The molecular weight excluding hydrogens is 742 g/mol. The number of amides is 4. The first kappa shape index (κ1) is 40.2. The summed E-state index contributed by atoms with van der Waals surface area (Å²) in [6.45, 7) is 7.27. The van der Waals surface area contributed by atoms with Crippen LogP contribution >= 0.6 is 11.6 Å². The number of nitrogens with zero attached hydrogens (tertiary/aromatic N) is 3. The van der Waals surface area contributed by atoms with Crippen molar-refractivity contribution in [3.8, 4) is 0 Å². The molecule has 1 unspecified atom stereocenters. The van der Waals surface area contributed by atoms with E-state index in [0.29, 0.717) is 22.9 Å². The molecule has 1 aromatic heterocycles. The van der Waals surface area contributed by atoms with Crippen LogP contribution < -0.4 is 10.5 Å². The summed E-state index contributed by atoms with van der Waals surface area (Å²) >= 11 is 5.83. The SMILES string of the molecule is CC(C)[C@@H](C(O)c1nc2cc(C(=O)O)ccc2o1)N1CCC[C@H]1C(=O)N(C(=O)c1ccc(C(=O)NS(=O)(=O)c2ccc(Cl)cc2)cc1)C(=O)[C@@H](N)C(C)C. The second-order valence-electron chi connectivity index (χ2n) is 13.7. The molecule has 0 radical (unpaired) electrons. The minimum Gasteiger partial charge on any atom is -0.478 e. The average molecular weight is 782 g/mol. The van der Waals surface area contributed by atoms with Gasteiger partial charge in [0.15, 0.2) is 5.58 Å². The molecule has 15 nitrogen and oxygen atoms in total. The van der Waals surface area contributed by atoms with E-state index >= 15 is 0 Å². The Kier molecular flexibility index (Phi) is 12.0. The number of aromatic nitrogens is 1. The Morgan fingerprint density at radius 1 is 0.944 bits per heavy atom. The number of carboxylic acid groups (broad SMARTS) is 1. The van der Waals surface area contributed by atoms with E-state index in [-0.39, 0.29) is 50.9 Å². The Balaban J connectivity index is 1.42. The fraction of sp³-hybridized carbons (Fsp3) is 0.351. The highest BCUT2D eigenvalue weighted by molar-refractivity contribution is 7.90. The number of imide groups is 3. The van der Waals surface area contributed by atoms with Crippen LogP contribution in [-0.4, -0.2) is 87.7 Å². The predicted octanol–water partition coefficient (Wildman–Crippen LogP) is 4.00. The number of benzene rings is 3. The summed E-state index contributed by atoms with van der Waals surface area (Å²) < 4.78 is 33.2. The number of hydrogen-bond acceptors (Lipinski definition) is 12. The van der Waals surface area contributed by atoms with Gasteiger partial charge in [0.25, 0.3) is 33.7 Å². The van der Waals surface area contributed by atoms with E-state index < -0.39 is 69.8 Å². The zero-order valence-electron chi connectivity index (χ0n) is 29.8. The van der Waals surface area contributed by atoms with Gasteiger partial charge in [0.2, 0.25) is 5.89 Å². The number of sulfonamides is 1. The lowest BCUT2D eigenvalue weighted by molar-refractivity contribution is -0.146. The predicted molar refractivity (Wildman–Crippen MR) is 196 cm³/mol. The summed E-state index contributed by atoms with van der Waals surface area (Å²) in [5.41, 5.74) is 6.38. The zero-order valence-corrected chi connectivity index (χ0v) is 31.4. The summed E-state index contributed by atoms with van der Waals surface area (Å²) in [6.07, 6.45) is -0.671. The molecule has 5 N–H and O–H groups in total. The lowest BCUT2D eigenvalue weighted by atomic mass is 9.95. The number of halogens is 1. The summed E-state index contributed by atoms with van der Waals surface area (Å²) in [5.74, 6) is -5.83. The summed E-state index contributed by atoms with van der Waals surface area (Å²) in [6, 6.07) is 10.9. The van der Waals surface area contributed by atoms with Crippen LogP contribution in [0.15, 0.2) is 76.0 Å². The average Bonchev–Trinajstić information content (AvgIpc) is 3.78. The fourth-order valence-electron chi connectivity index (χ4n) is 6.33. The molecule has 3 aromatic carbocycles. The minimum absolute atomic E-state index is 0.0171. The van der Waals surface area contributed by atoms with Crippen molar-refractivity contribution in [2.24, 2.45) is 17.6 Å². The lowest BCUT2D eigenvalue weighted by Crippen LogP contribution is -2.58. The maximum Gasteiger partial charge on any atom is 0.335 e. The van der Waals surface area contributed by atoms with Gasteiger partial charge in [-0.3, -0.25) is 24.1 Å². The Labute approximate surface area is 316 Å². The highest BCUT2D eigenvalue weighted by Gasteiger charge is 2.46. The maximum absolute atomic E-state index is 14.4. The van der Waals surface area contributed by atoms with E-state index in [9.17, 15) is 42.6 Å². The number of nitrogens with two attached hydrogens (primary N) is 1. The molecule has 286 valence electrons. The number of hydrogen-bond donors (Lipinski definition) is 4. The molecular formula is C37H40ClN5O10S. The first-order valence-corrected chi connectivity index (χ1v) is 19.0. The molecule has 17 heteroatoms. The molecule has 1 saturated heterocycles. The van der Waals surface area contributed by atoms with Crippen molar-refractivity contribution in [1.82, 2.24) is 19.5 Å². The molecule has 2 heterocycles. The Hall–Kier alpha value is -5.00. The van der Waals surface area contributed by atoms with Gasteiger partial charge in [-0.1, -0.05) is 39.3 Å². The van der Waals surface area contributed by atoms with E-state index in [1.165, 1.54) is 66.7 Å². The van der Waals surface area contributed by atoms with Crippen molar-refractivity contribution >= 4 is 62.3 Å². The van der Waals surface area contributed by atoms with Gasteiger partial charge in [-0.15, -0.1) is 0 Å². The largest absolute Gasteiger partial charge is 0.478 e. The molecule has 0 spiro atoms. The van der Waals surface area contributed by atoms with Gasteiger partial charge in [-0.2, -0.15) is 0 Å². The van der Waals surface area contributed by atoms with E-state index in [0.717, 1.165) is 0 Å². The van der Waals surface area contributed by atoms with Gasteiger partial charge in [0.1, 0.15) is 11.6 Å². The van der Waals surface area contributed by atoms with Crippen LogP contribution in [0.1, 0.15) is 83.6 Å². The first-order valence-electron chi connectivity index (χ1n) is 17.1. The van der Waals surface area contributed by atoms with Crippen molar-refractivity contribution in [3.63, 3.8) is 0 Å². The first-order chi connectivity index (χ1) is 25.4. The molecule has 4 amide bonds. The van der Waals surface area contributed by atoms with Crippen molar-refractivity contribution < 1.29 is 47.0 Å². The van der Waals surface area contributed by atoms with E-state index in [2.05, 4.69) is 4.98 Å². The van der Waals surface area contributed by atoms with Crippen LogP contribution in [0.5, 0.6) is 0 Å². The third-order valence-corrected chi connectivity index (χ3v) is 10.9. The number of nitrogens with one attached hydrogen (secondary N) is 1. The molecule has 5 rings (SSSR count). The van der Waals surface area contributed by atoms with E-state index in [1.807, 2.05) is 18.6 Å². The maximum atomic E-state index is 14.4. The topological polar surface area (TPSA) is 231 Å². The molecule has 4 aromatic rings. The van der Waals surface area contributed by atoms with Gasteiger partial charge in [-0.05, 0) is 98.0 Å². The quantitative estimate of drug-likeness (QED) is 0.149. The number of aliphatic hydroxyl groups excluding tert-OH is 1. The molecule has 1 fully saturated rings. The molecule has 1 aliphatic rings. The van der Waals surface area contributed by atoms with Crippen LogP contribution in [-0.2, 0) is 19.6 Å². The summed E-state index contributed by atoms with van der Waals surface area (Å²) in [7, 11) is -4.26. The molecule has 0 saturated carbocycles. The number of aliphatic hydroxyl groups is 1. The van der Waals surface area contributed by atoms with Gasteiger partial charge >= 0.3 is 5.97 Å². The van der Waals surface area contributed by atoms with Crippen LogP contribution in [0.3, 0.4) is 0 Å². The second-order valence-corrected chi connectivity index (χ2v) is 15.8. The number of rotatable bonds is 12. The molecule has 1 aliphatic heterocycles. The van der Waals surface area contributed by atoms with Crippen LogP contribution in [0, 0.1) is 11.8 Å². The monoisotopic (exact) mass is 781 g/mol. The standard InChI is InChI=1S/C37H40ClN5O10S/c1-19(2)29(39)36(48)43(34(46)22-9-7-21(8-10-22)32(45)41-54(51,52)25-14-12-24(38)13-15-25)35(47)27-6-5-17-42(27)30(20(3)4)31(44)33-40-26-18-23(37(49)50)11-16-28(26)53-33/h7-16,18-20,27,29-31,44H,5-6,17,39H2,1-4H3,(H,41,45)(H,49,50)/t27-,29-,30-,31?/m0/s1. The van der Waals surface area contributed by atoms with E-state index in [1.54, 1.807) is 18.7 Å². The Morgan fingerprint density at radius 2 is 1.56 bits per heavy atom. The normalized spacial score (nSPS) is 16.6. The molecule has 54 heavy (non-hydrogen) atoms. The highest BCUT2D eigenvalue weighted by atomic mass is 35.5. The number of carboxylic acids is 1. The third kappa shape index (κ3) is 8.37.